The predicted molar refractivity (Wildman–Crippen MR) is 43.9 cm³/mol. The van der Waals surface area contributed by atoms with Gasteiger partial charge >= 0.3 is 0 Å². The molecule has 0 radical (unpaired) electrons. The Morgan fingerprint density at radius 2 is 2.30 bits per heavy atom. The molecule has 0 aliphatic heterocycles. The maximum absolute atomic E-state index is 10.4. The molecule has 1 heteroatoms. The van der Waals surface area contributed by atoms with Crippen LogP contribution >= 0.6 is 0 Å². The first-order valence-electron chi connectivity index (χ1n) is 3.54. The van der Waals surface area contributed by atoms with Crippen LogP contribution < -0.4 is 0 Å². The zero-order valence-electron chi connectivity index (χ0n) is 6.47. The SMILES string of the molecule is C=C/C=C/CCCC(C)=O. The molecule has 0 amide bonds. The molecule has 0 aromatic carbocycles. The van der Waals surface area contributed by atoms with Crippen LogP contribution in [0, 0.1) is 0 Å². The van der Waals surface area contributed by atoms with Gasteiger partial charge in [0.15, 0.2) is 0 Å². The van der Waals surface area contributed by atoms with Gasteiger partial charge in [-0.05, 0) is 19.8 Å². The summed E-state index contributed by atoms with van der Waals surface area (Å²) >= 11 is 0. The molecule has 0 aromatic rings. The minimum Gasteiger partial charge on any atom is -0.300 e. The second kappa shape index (κ2) is 6.27. The van der Waals surface area contributed by atoms with E-state index >= 15 is 0 Å². The molecule has 0 spiro atoms. The van der Waals surface area contributed by atoms with Crippen molar-refractivity contribution in [3.63, 3.8) is 0 Å². The third-order valence-electron chi connectivity index (χ3n) is 1.17. The molecule has 0 bridgehead atoms. The Balaban J connectivity index is 3.12. The highest BCUT2D eigenvalue weighted by Gasteiger charge is 1.89. The van der Waals surface area contributed by atoms with E-state index in [4.69, 9.17) is 0 Å². The second-order valence-electron chi connectivity index (χ2n) is 2.26. The summed E-state index contributed by atoms with van der Waals surface area (Å²) in [5.41, 5.74) is 0. The highest BCUT2D eigenvalue weighted by atomic mass is 16.1. The van der Waals surface area contributed by atoms with E-state index in [-0.39, 0.29) is 5.78 Å². The van der Waals surface area contributed by atoms with Gasteiger partial charge in [-0.15, -0.1) is 0 Å². The van der Waals surface area contributed by atoms with Crippen LogP contribution in [0.2, 0.25) is 0 Å². The number of hydrogen-bond donors (Lipinski definition) is 0. The number of ketones is 1. The number of hydrogen-bond acceptors (Lipinski definition) is 1. The number of rotatable bonds is 5. The van der Waals surface area contributed by atoms with Gasteiger partial charge in [-0.1, -0.05) is 24.8 Å². The first-order valence-corrected chi connectivity index (χ1v) is 3.54. The van der Waals surface area contributed by atoms with Crippen molar-refractivity contribution in [1.82, 2.24) is 0 Å². The summed E-state index contributed by atoms with van der Waals surface area (Å²) in [5, 5.41) is 0. The Hall–Kier alpha value is -0.850. The Labute approximate surface area is 62.4 Å². The van der Waals surface area contributed by atoms with Crippen LogP contribution in [0.4, 0.5) is 0 Å². The fourth-order valence-corrected chi connectivity index (χ4v) is 0.661. The van der Waals surface area contributed by atoms with Gasteiger partial charge in [0.1, 0.15) is 5.78 Å². The number of allylic oxidation sites excluding steroid dienone is 3. The topological polar surface area (TPSA) is 17.1 Å². The Morgan fingerprint density at radius 3 is 2.80 bits per heavy atom. The average Bonchev–Trinajstić information content (AvgIpc) is 1.87. The van der Waals surface area contributed by atoms with Crippen LogP contribution in [0.3, 0.4) is 0 Å². The largest absolute Gasteiger partial charge is 0.300 e. The first-order chi connectivity index (χ1) is 4.77. The van der Waals surface area contributed by atoms with Crippen LogP contribution in [0.5, 0.6) is 0 Å². The Morgan fingerprint density at radius 1 is 1.60 bits per heavy atom. The fraction of sp³-hybridized carbons (Fsp3) is 0.444. The van der Waals surface area contributed by atoms with Crippen molar-refractivity contribution in [3.05, 3.63) is 24.8 Å². The van der Waals surface area contributed by atoms with Crippen molar-refractivity contribution in [2.24, 2.45) is 0 Å². The monoisotopic (exact) mass is 138 g/mol. The van der Waals surface area contributed by atoms with Gasteiger partial charge in [0, 0.05) is 6.42 Å². The lowest BCUT2D eigenvalue weighted by molar-refractivity contribution is -0.117. The first kappa shape index (κ1) is 9.15. The van der Waals surface area contributed by atoms with Gasteiger partial charge in [-0.25, -0.2) is 0 Å². The zero-order valence-corrected chi connectivity index (χ0v) is 6.47. The summed E-state index contributed by atoms with van der Waals surface area (Å²) in [7, 11) is 0. The van der Waals surface area contributed by atoms with Crippen LogP contribution in [0.15, 0.2) is 24.8 Å². The Bertz CT molecular complexity index is 134. The summed E-state index contributed by atoms with van der Waals surface area (Å²) < 4.78 is 0. The Kier molecular flexibility index (Phi) is 5.74. The lowest BCUT2D eigenvalue weighted by Crippen LogP contribution is -1.87. The summed E-state index contributed by atoms with van der Waals surface area (Å²) in [4.78, 5) is 10.4. The van der Waals surface area contributed by atoms with Crippen LogP contribution in [-0.2, 0) is 4.79 Å². The molecule has 0 fully saturated rings. The molecule has 0 aromatic heterocycles. The molecule has 0 saturated heterocycles. The van der Waals surface area contributed by atoms with E-state index in [0.717, 1.165) is 12.8 Å². The van der Waals surface area contributed by atoms with Gasteiger partial charge in [0.05, 0.1) is 0 Å². The van der Waals surface area contributed by atoms with E-state index < -0.39 is 0 Å². The second-order valence-corrected chi connectivity index (χ2v) is 2.26. The van der Waals surface area contributed by atoms with E-state index in [1.165, 1.54) is 0 Å². The smallest absolute Gasteiger partial charge is 0.129 e. The van der Waals surface area contributed by atoms with Crippen molar-refractivity contribution in [2.75, 3.05) is 0 Å². The van der Waals surface area contributed by atoms with Crippen LogP contribution in [0.1, 0.15) is 26.2 Å². The van der Waals surface area contributed by atoms with Crippen molar-refractivity contribution < 1.29 is 4.79 Å². The summed E-state index contributed by atoms with van der Waals surface area (Å²) in [6, 6.07) is 0. The lowest BCUT2D eigenvalue weighted by Gasteiger charge is -1.89. The highest BCUT2D eigenvalue weighted by Crippen LogP contribution is 1.96. The van der Waals surface area contributed by atoms with Crippen molar-refractivity contribution in [2.45, 2.75) is 26.2 Å². The molecular formula is C9H14O. The summed E-state index contributed by atoms with van der Waals surface area (Å²) in [6.45, 7) is 5.16. The molecule has 0 N–H and O–H groups in total. The van der Waals surface area contributed by atoms with Gasteiger partial charge in [-0.3, -0.25) is 0 Å². The zero-order chi connectivity index (χ0) is 7.82. The van der Waals surface area contributed by atoms with Crippen LogP contribution in [-0.4, -0.2) is 5.78 Å². The normalized spacial score (nSPS) is 10.1. The van der Waals surface area contributed by atoms with Gasteiger partial charge < -0.3 is 4.79 Å². The average molecular weight is 138 g/mol. The third-order valence-corrected chi connectivity index (χ3v) is 1.17. The maximum atomic E-state index is 10.4. The molecule has 0 aliphatic rings. The number of Topliss-reactive ketones (excluding diaryl/α,β-unsaturated/α-hetero) is 1. The van der Waals surface area contributed by atoms with Crippen molar-refractivity contribution in [3.8, 4) is 0 Å². The van der Waals surface area contributed by atoms with E-state index in [0.29, 0.717) is 6.42 Å². The van der Waals surface area contributed by atoms with Crippen molar-refractivity contribution >= 4 is 5.78 Å². The molecule has 0 aliphatic carbocycles. The van der Waals surface area contributed by atoms with Gasteiger partial charge in [0.2, 0.25) is 0 Å². The lowest BCUT2D eigenvalue weighted by atomic mass is 10.2. The standard InChI is InChI=1S/C9H14O/c1-3-4-5-6-7-8-9(2)10/h3-5H,1,6-8H2,2H3/b5-4+. The quantitative estimate of drug-likeness (QED) is 0.421. The number of unbranched alkanes of at least 4 members (excludes halogenated alkanes) is 1. The molecule has 0 atom stereocenters. The maximum Gasteiger partial charge on any atom is 0.129 e. The minimum atomic E-state index is 0.270. The van der Waals surface area contributed by atoms with E-state index in [2.05, 4.69) is 6.58 Å². The van der Waals surface area contributed by atoms with Crippen molar-refractivity contribution in [1.29, 1.82) is 0 Å². The number of carbonyl (C=O) groups excluding carboxylic acids is 1. The molecule has 10 heavy (non-hydrogen) atoms. The van der Waals surface area contributed by atoms with E-state index in [1.54, 1.807) is 13.0 Å². The summed E-state index contributed by atoms with van der Waals surface area (Å²) in [6.07, 6.45) is 8.30. The molecule has 0 rings (SSSR count). The molecule has 1 nitrogen and oxygen atoms in total. The number of carbonyl (C=O) groups is 1. The van der Waals surface area contributed by atoms with Gasteiger partial charge in [0.25, 0.3) is 0 Å². The fourth-order valence-electron chi connectivity index (χ4n) is 0.661. The molecule has 0 unspecified atom stereocenters. The highest BCUT2D eigenvalue weighted by molar-refractivity contribution is 5.75. The predicted octanol–water partition coefficient (Wildman–Crippen LogP) is 2.49. The summed E-state index contributed by atoms with van der Waals surface area (Å²) in [5.74, 6) is 0.270. The molecule has 56 valence electrons. The van der Waals surface area contributed by atoms with Crippen LogP contribution in [0.25, 0.3) is 0 Å². The molecular weight excluding hydrogens is 124 g/mol. The van der Waals surface area contributed by atoms with E-state index in [1.807, 2.05) is 12.2 Å². The third kappa shape index (κ3) is 7.15. The minimum absolute atomic E-state index is 0.270. The van der Waals surface area contributed by atoms with Gasteiger partial charge in [-0.2, -0.15) is 0 Å². The molecule has 0 saturated carbocycles. The molecule has 0 heterocycles. The van der Waals surface area contributed by atoms with E-state index in [9.17, 15) is 4.79 Å².